The lowest BCUT2D eigenvalue weighted by Gasteiger charge is -2.20. The highest BCUT2D eigenvalue weighted by Crippen LogP contribution is 2.43. The summed E-state index contributed by atoms with van der Waals surface area (Å²) in [6, 6.07) is 7.13. The number of nitrogens with zero attached hydrogens (tertiary/aromatic N) is 1. The van der Waals surface area contributed by atoms with Gasteiger partial charge in [0.25, 0.3) is 0 Å². The average Bonchev–Trinajstić information content (AvgIpc) is 3.33. The summed E-state index contributed by atoms with van der Waals surface area (Å²) in [4.78, 5) is 16.7. The highest BCUT2D eigenvalue weighted by atomic mass is 32.1. The predicted octanol–water partition coefficient (Wildman–Crippen LogP) is 6.22. The van der Waals surface area contributed by atoms with Gasteiger partial charge >= 0.3 is 12.1 Å². The second-order valence-electron chi connectivity index (χ2n) is 6.86. The van der Waals surface area contributed by atoms with Gasteiger partial charge in [0.1, 0.15) is 10.9 Å². The summed E-state index contributed by atoms with van der Waals surface area (Å²) in [6.45, 7) is 3.77. The summed E-state index contributed by atoms with van der Waals surface area (Å²) < 4.78 is 46.1. The third-order valence-corrected chi connectivity index (χ3v) is 5.77. The molecule has 0 bridgehead atoms. The van der Waals surface area contributed by atoms with Gasteiger partial charge in [-0.3, -0.25) is 4.79 Å². The number of alkyl halides is 3. The standard InChI is InChI=1S/C20H19F3N2O3S2/c1-11(2)9-28-17-12(20(21,22)23)5-3-6-13(17)25-18-16(24-10-30-18)15(19(26)27)14-7-4-8-29-14/h3-8,10-11,15,25H,9H2,1-2H3,(H,26,27). The minimum Gasteiger partial charge on any atom is -0.491 e. The van der Waals surface area contributed by atoms with Crippen LogP contribution >= 0.6 is 22.7 Å². The first-order chi connectivity index (χ1) is 14.2. The van der Waals surface area contributed by atoms with Gasteiger partial charge in [0.05, 0.1) is 29.1 Å². The van der Waals surface area contributed by atoms with Crippen LogP contribution in [0.1, 0.15) is 35.9 Å². The van der Waals surface area contributed by atoms with E-state index in [9.17, 15) is 23.1 Å². The van der Waals surface area contributed by atoms with Crippen LogP contribution in [-0.4, -0.2) is 22.7 Å². The zero-order chi connectivity index (χ0) is 21.9. The number of para-hydroxylation sites is 1. The van der Waals surface area contributed by atoms with Gasteiger partial charge in [-0.05, 0) is 29.5 Å². The molecule has 10 heteroatoms. The number of carbonyl (C=O) groups is 1. The second kappa shape index (κ2) is 9.05. The van der Waals surface area contributed by atoms with Crippen LogP contribution in [0.25, 0.3) is 0 Å². The maximum Gasteiger partial charge on any atom is 0.420 e. The molecule has 0 amide bonds. The number of thiophene rings is 1. The molecule has 3 aromatic rings. The lowest BCUT2D eigenvalue weighted by atomic mass is 10.0. The fourth-order valence-electron chi connectivity index (χ4n) is 2.77. The Morgan fingerprint density at radius 3 is 2.60 bits per heavy atom. The molecule has 160 valence electrons. The quantitative estimate of drug-likeness (QED) is 0.421. The summed E-state index contributed by atoms with van der Waals surface area (Å²) >= 11 is 2.39. The summed E-state index contributed by atoms with van der Waals surface area (Å²) in [7, 11) is 0. The molecular weight excluding hydrogens is 437 g/mol. The maximum absolute atomic E-state index is 13.5. The number of rotatable bonds is 8. The Morgan fingerprint density at radius 1 is 1.23 bits per heavy atom. The fraction of sp³-hybridized carbons (Fsp3) is 0.300. The van der Waals surface area contributed by atoms with Crippen LogP contribution in [0, 0.1) is 5.92 Å². The van der Waals surface area contributed by atoms with E-state index < -0.39 is 23.6 Å². The number of benzene rings is 1. The smallest absolute Gasteiger partial charge is 0.420 e. The number of hydrogen-bond donors (Lipinski definition) is 2. The molecule has 2 aromatic heterocycles. The molecule has 0 aliphatic carbocycles. The second-order valence-corrected chi connectivity index (χ2v) is 8.70. The molecule has 0 spiro atoms. The minimum atomic E-state index is -4.60. The van der Waals surface area contributed by atoms with Crippen LogP contribution in [0.4, 0.5) is 23.9 Å². The van der Waals surface area contributed by atoms with Gasteiger partial charge in [-0.25, -0.2) is 4.98 Å². The number of aliphatic carboxylic acids is 1. The summed E-state index contributed by atoms with van der Waals surface area (Å²) in [5.74, 6) is -2.41. The van der Waals surface area contributed by atoms with Crippen molar-refractivity contribution in [2.45, 2.75) is 25.9 Å². The van der Waals surface area contributed by atoms with E-state index in [0.717, 1.165) is 17.4 Å². The van der Waals surface area contributed by atoms with Crippen LogP contribution < -0.4 is 10.1 Å². The number of nitrogens with one attached hydrogen (secondary N) is 1. The number of carboxylic acid groups (broad SMARTS) is 1. The Bertz CT molecular complexity index is 1000. The molecule has 2 N–H and O–H groups in total. The monoisotopic (exact) mass is 456 g/mol. The van der Waals surface area contributed by atoms with Crippen molar-refractivity contribution in [2.24, 2.45) is 5.92 Å². The van der Waals surface area contributed by atoms with Crippen LogP contribution in [-0.2, 0) is 11.0 Å². The van der Waals surface area contributed by atoms with Crippen molar-refractivity contribution in [1.82, 2.24) is 4.98 Å². The SMILES string of the molecule is CC(C)COc1c(Nc2scnc2C(C(=O)O)c2cccs2)cccc1C(F)(F)F. The van der Waals surface area contributed by atoms with Crippen molar-refractivity contribution in [2.75, 3.05) is 11.9 Å². The van der Waals surface area contributed by atoms with Gasteiger partial charge in [-0.15, -0.1) is 22.7 Å². The topological polar surface area (TPSA) is 71.5 Å². The molecular formula is C20H19F3N2O3S2. The number of carboxylic acids is 1. The van der Waals surface area contributed by atoms with E-state index >= 15 is 0 Å². The van der Waals surface area contributed by atoms with Gasteiger partial charge in [0, 0.05) is 4.88 Å². The molecule has 1 unspecified atom stereocenters. The lowest BCUT2D eigenvalue weighted by Crippen LogP contribution is -2.15. The highest BCUT2D eigenvalue weighted by molar-refractivity contribution is 7.14. The van der Waals surface area contributed by atoms with Gasteiger partial charge < -0.3 is 15.2 Å². The van der Waals surface area contributed by atoms with Crippen molar-refractivity contribution in [3.05, 3.63) is 57.4 Å². The van der Waals surface area contributed by atoms with Crippen LogP contribution in [0.3, 0.4) is 0 Å². The number of anilines is 2. The van der Waals surface area contributed by atoms with Crippen molar-refractivity contribution in [3.63, 3.8) is 0 Å². The Hall–Kier alpha value is -2.59. The van der Waals surface area contributed by atoms with Crippen molar-refractivity contribution < 1.29 is 27.8 Å². The lowest BCUT2D eigenvalue weighted by molar-refractivity contribution is -0.139. The first-order valence-electron chi connectivity index (χ1n) is 8.98. The molecule has 0 aliphatic heterocycles. The van der Waals surface area contributed by atoms with E-state index in [1.807, 2.05) is 13.8 Å². The number of hydrogen-bond acceptors (Lipinski definition) is 6. The molecule has 0 fully saturated rings. The van der Waals surface area contributed by atoms with E-state index in [4.69, 9.17) is 4.74 Å². The summed E-state index contributed by atoms with van der Waals surface area (Å²) in [5.41, 5.74) is 0.907. The van der Waals surface area contributed by atoms with E-state index in [2.05, 4.69) is 10.3 Å². The van der Waals surface area contributed by atoms with E-state index in [0.29, 0.717) is 9.88 Å². The average molecular weight is 457 g/mol. The van der Waals surface area contributed by atoms with E-state index in [1.54, 1.807) is 17.5 Å². The minimum absolute atomic E-state index is 0.0216. The van der Waals surface area contributed by atoms with Gasteiger partial charge in [-0.1, -0.05) is 26.0 Å². The Labute approximate surface area is 179 Å². The first kappa shape index (κ1) is 22.1. The van der Waals surface area contributed by atoms with Gasteiger partial charge in [0.2, 0.25) is 0 Å². The molecule has 1 aromatic carbocycles. The number of aromatic nitrogens is 1. The molecule has 0 saturated carbocycles. The highest BCUT2D eigenvalue weighted by Gasteiger charge is 2.36. The maximum atomic E-state index is 13.5. The van der Waals surface area contributed by atoms with Crippen LogP contribution in [0.5, 0.6) is 5.75 Å². The third kappa shape index (κ3) is 4.93. The molecule has 0 aliphatic rings. The van der Waals surface area contributed by atoms with Crippen molar-refractivity contribution in [3.8, 4) is 5.75 Å². The number of thiazole rings is 1. The number of halogens is 3. The molecule has 0 radical (unpaired) electrons. The van der Waals surface area contributed by atoms with Crippen molar-refractivity contribution >= 4 is 39.3 Å². The predicted molar refractivity (Wildman–Crippen MR) is 111 cm³/mol. The summed E-state index contributed by atoms with van der Waals surface area (Å²) in [5, 5.41) is 14.8. The first-order valence-corrected chi connectivity index (χ1v) is 10.7. The fourth-order valence-corrected chi connectivity index (χ4v) is 4.32. The summed E-state index contributed by atoms with van der Waals surface area (Å²) in [6.07, 6.45) is -4.60. The van der Waals surface area contributed by atoms with E-state index in [-0.39, 0.29) is 29.7 Å². The van der Waals surface area contributed by atoms with E-state index in [1.165, 1.54) is 29.0 Å². The Morgan fingerprint density at radius 2 is 2.00 bits per heavy atom. The zero-order valence-corrected chi connectivity index (χ0v) is 17.7. The Kier molecular flexibility index (Phi) is 6.67. The molecule has 3 rings (SSSR count). The molecule has 5 nitrogen and oxygen atoms in total. The van der Waals surface area contributed by atoms with Gasteiger partial charge in [0.15, 0.2) is 5.75 Å². The normalized spacial score (nSPS) is 12.7. The largest absolute Gasteiger partial charge is 0.491 e. The molecule has 1 atom stereocenters. The Balaban J connectivity index is 2.02. The molecule has 0 saturated heterocycles. The zero-order valence-electron chi connectivity index (χ0n) is 16.1. The van der Waals surface area contributed by atoms with Crippen LogP contribution in [0.2, 0.25) is 0 Å². The molecule has 30 heavy (non-hydrogen) atoms. The third-order valence-electron chi connectivity index (χ3n) is 4.07. The van der Waals surface area contributed by atoms with Crippen molar-refractivity contribution in [1.29, 1.82) is 0 Å². The van der Waals surface area contributed by atoms with Crippen LogP contribution in [0.15, 0.2) is 41.2 Å². The molecule has 2 heterocycles. The number of ether oxygens (including phenoxy) is 1. The van der Waals surface area contributed by atoms with Gasteiger partial charge in [-0.2, -0.15) is 13.2 Å².